The second-order valence-corrected chi connectivity index (χ2v) is 5.06. The molecule has 0 saturated carbocycles. The van der Waals surface area contributed by atoms with Crippen LogP contribution in [0.5, 0.6) is 0 Å². The number of ether oxygens (including phenoxy) is 1. The van der Waals surface area contributed by atoms with Crippen LogP contribution < -0.4 is 0 Å². The summed E-state index contributed by atoms with van der Waals surface area (Å²) in [5, 5.41) is 0.673. The van der Waals surface area contributed by atoms with Crippen LogP contribution in [0.4, 0.5) is 0 Å². The molecule has 1 aromatic carbocycles. The van der Waals surface area contributed by atoms with Crippen molar-refractivity contribution in [1.82, 2.24) is 4.90 Å². The highest BCUT2D eigenvalue weighted by Crippen LogP contribution is 2.21. The molecular weight excluding hydrogens is 238 g/mol. The third kappa shape index (κ3) is 2.50. The number of nitrogens with zero attached hydrogens (tertiary/aromatic N) is 1. The molecular formula is C12H15NOS2. The van der Waals surface area contributed by atoms with Crippen LogP contribution in [0.15, 0.2) is 30.3 Å². The Bertz CT molecular complexity index is 367. The Hall–Kier alpha value is -0.740. The van der Waals surface area contributed by atoms with E-state index in [1.54, 1.807) is 0 Å². The molecule has 86 valence electrons. The van der Waals surface area contributed by atoms with E-state index in [1.807, 2.05) is 13.0 Å². The zero-order chi connectivity index (χ0) is 11.5. The molecule has 0 aliphatic carbocycles. The summed E-state index contributed by atoms with van der Waals surface area (Å²) < 4.78 is 5.42. The molecule has 1 aliphatic heterocycles. The molecule has 4 heteroatoms. The van der Waals surface area contributed by atoms with Gasteiger partial charge in [-0.2, -0.15) is 12.6 Å². The van der Waals surface area contributed by atoms with E-state index in [9.17, 15) is 0 Å². The Labute approximate surface area is 107 Å². The molecule has 0 spiro atoms. The molecule has 0 bridgehead atoms. The molecule has 0 aromatic heterocycles. The average molecular weight is 253 g/mol. The predicted molar refractivity (Wildman–Crippen MR) is 72.8 cm³/mol. The molecule has 0 amide bonds. The SMILES string of the molecule is CC(S)N1C(=S)OC[C@H]1Cc1ccccc1. The molecule has 1 aromatic rings. The minimum absolute atomic E-state index is 0.101. The minimum Gasteiger partial charge on any atom is -0.469 e. The van der Waals surface area contributed by atoms with E-state index in [1.165, 1.54) is 5.56 Å². The van der Waals surface area contributed by atoms with Crippen molar-refractivity contribution in [2.45, 2.75) is 24.8 Å². The first-order chi connectivity index (χ1) is 7.68. The maximum absolute atomic E-state index is 5.42. The fourth-order valence-corrected chi connectivity index (χ4v) is 2.72. The Morgan fingerprint density at radius 3 is 2.81 bits per heavy atom. The second kappa shape index (κ2) is 5.06. The van der Waals surface area contributed by atoms with Crippen LogP contribution in [-0.2, 0) is 11.2 Å². The summed E-state index contributed by atoms with van der Waals surface area (Å²) in [5.74, 6) is 0. The maximum Gasteiger partial charge on any atom is 0.260 e. The van der Waals surface area contributed by atoms with Crippen molar-refractivity contribution in [3.63, 3.8) is 0 Å². The van der Waals surface area contributed by atoms with Gasteiger partial charge in [-0.3, -0.25) is 0 Å². The van der Waals surface area contributed by atoms with Crippen LogP contribution in [0.1, 0.15) is 12.5 Å². The first-order valence-corrected chi connectivity index (χ1v) is 6.28. The van der Waals surface area contributed by atoms with Crippen LogP contribution in [0, 0.1) is 0 Å². The van der Waals surface area contributed by atoms with E-state index < -0.39 is 0 Å². The summed E-state index contributed by atoms with van der Waals surface area (Å²) in [6.07, 6.45) is 0.950. The van der Waals surface area contributed by atoms with E-state index >= 15 is 0 Å². The second-order valence-electron chi connectivity index (χ2n) is 3.96. The lowest BCUT2D eigenvalue weighted by Gasteiger charge is -2.26. The van der Waals surface area contributed by atoms with Crippen molar-refractivity contribution in [3.05, 3.63) is 35.9 Å². The normalized spacial score (nSPS) is 22.0. The van der Waals surface area contributed by atoms with Crippen LogP contribution in [0.2, 0.25) is 0 Å². The first-order valence-electron chi connectivity index (χ1n) is 5.35. The van der Waals surface area contributed by atoms with Crippen molar-refractivity contribution < 1.29 is 4.74 Å². The van der Waals surface area contributed by atoms with Gasteiger partial charge in [0.1, 0.15) is 6.61 Å². The van der Waals surface area contributed by atoms with Gasteiger partial charge in [0.15, 0.2) is 0 Å². The van der Waals surface area contributed by atoms with Crippen LogP contribution in [-0.4, -0.2) is 28.1 Å². The van der Waals surface area contributed by atoms with Gasteiger partial charge in [0.2, 0.25) is 0 Å². The van der Waals surface area contributed by atoms with Gasteiger partial charge in [-0.15, -0.1) is 0 Å². The number of hydrogen-bond donors (Lipinski definition) is 1. The quantitative estimate of drug-likeness (QED) is 0.657. The van der Waals surface area contributed by atoms with Gasteiger partial charge in [0, 0.05) is 0 Å². The summed E-state index contributed by atoms with van der Waals surface area (Å²) in [5.41, 5.74) is 1.31. The lowest BCUT2D eigenvalue weighted by Crippen LogP contribution is -2.39. The lowest BCUT2D eigenvalue weighted by molar-refractivity contribution is 0.305. The summed E-state index contributed by atoms with van der Waals surface area (Å²) in [4.78, 5) is 2.06. The maximum atomic E-state index is 5.42. The molecule has 16 heavy (non-hydrogen) atoms. The van der Waals surface area contributed by atoms with Gasteiger partial charge in [-0.1, -0.05) is 30.3 Å². The van der Waals surface area contributed by atoms with Gasteiger partial charge in [-0.05, 0) is 31.1 Å². The molecule has 2 rings (SSSR count). The van der Waals surface area contributed by atoms with Gasteiger partial charge in [0.25, 0.3) is 5.17 Å². The molecule has 1 unspecified atom stereocenters. The Kier molecular flexibility index (Phi) is 3.71. The van der Waals surface area contributed by atoms with Crippen LogP contribution in [0.3, 0.4) is 0 Å². The summed E-state index contributed by atoms with van der Waals surface area (Å²) >= 11 is 9.60. The van der Waals surface area contributed by atoms with E-state index in [2.05, 4.69) is 41.8 Å². The zero-order valence-corrected chi connectivity index (χ0v) is 10.9. The molecule has 1 fully saturated rings. The number of thiol groups is 1. The fourth-order valence-electron chi connectivity index (χ4n) is 1.97. The first kappa shape index (κ1) is 11.7. The Morgan fingerprint density at radius 1 is 1.50 bits per heavy atom. The molecule has 1 aliphatic rings. The van der Waals surface area contributed by atoms with E-state index in [0.717, 1.165) is 6.42 Å². The third-order valence-electron chi connectivity index (χ3n) is 2.72. The topological polar surface area (TPSA) is 12.5 Å². The monoisotopic (exact) mass is 253 g/mol. The largest absolute Gasteiger partial charge is 0.469 e. The molecule has 0 N–H and O–H groups in total. The molecule has 1 saturated heterocycles. The standard InChI is InChI=1S/C12H15NOS2/c1-9(15)13-11(8-14-12(13)16)7-10-5-3-2-4-6-10/h2-6,9,11,15H,7-8H2,1H3/t9?,11-/m1/s1. The van der Waals surface area contributed by atoms with Gasteiger partial charge < -0.3 is 9.64 Å². The summed E-state index contributed by atoms with van der Waals surface area (Å²) in [6.45, 7) is 2.68. The van der Waals surface area contributed by atoms with Gasteiger partial charge in [0.05, 0.1) is 11.4 Å². The minimum atomic E-state index is 0.101. The molecule has 2 atom stereocenters. The number of rotatable bonds is 3. The third-order valence-corrected chi connectivity index (χ3v) is 3.30. The van der Waals surface area contributed by atoms with Crippen molar-refractivity contribution in [1.29, 1.82) is 0 Å². The van der Waals surface area contributed by atoms with Crippen molar-refractivity contribution in [2.24, 2.45) is 0 Å². The number of hydrogen-bond acceptors (Lipinski definition) is 3. The Morgan fingerprint density at radius 2 is 2.19 bits per heavy atom. The van der Waals surface area contributed by atoms with E-state index in [-0.39, 0.29) is 5.37 Å². The highest BCUT2D eigenvalue weighted by atomic mass is 32.1. The zero-order valence-electron chi connectivity index (χ0n) is 9.17. The van der Waals surface area contributed by atoms with Crippen LogP contribution in [0.25, 0.3) is 0 Å². The van der Waals surface area contributed by atoms with Crippen molar-refractivity contribution in [2.75, 3.05) is 6.61 Å². The van der Waals surface area contributed by atoms with E-state index in [4.69, 9.17) is 17.0 Å². The smallest absolute Gasteiger partial charge is 0.260 e. The van der Waals surface area contributed by atoms with Gasteiger partial charge >= 0.3 is 0 Å². The average Bonchev–Trinajstić information content (AvgIpc) is 2.61. The number of thiocarbonyl (C=S) groups is 1. The van der Waals surface area contributed by atoms with Crippen molar-refractivity contribution >= 4 is 30.0 Å². The lowest BCUT2D eigenvalue weighted by atomic mass is 10.1. The highest BCUT2D eigenvalue weighted by molar-refractivity contribution is 7.81. The molecule has 1 heterocycles. The van der Waals surface area contributed by atoms with Gasteiger partial charge in [-0.25, -0.2) is 0 Å². The molecule has 2 nitrogen and oxygen atoms in total. The van der Waals surface area contributed by atoms with Crippen molar-refractivity contribution in [3.8, 4) is 0 Å². The molecule has 0 radical (unpaired) electrons. The summed E-state index contributed by atoms with van der Waals surface area (Å²) in [7, 11) is 0. The highest BCUT2D eigenvalue weighted by Gasteiger charge is 2.32. The van der Waals surface area contributed by atoms with Crippen LogP contribution >= 0.6 is 24.8 Å². The fraction of sp³-hybridized carbons (Fsp3) is 0.417. The van der Waals surface area contributed by atoms with E-state index in [0.29, 0.717) is 17.8 Å². The predicted octanol–water partition coefficient (Wildman–Crippen LogP) is 2.49. The summed E-state index contributed by atoms with van der Waals surface area (Å²) in [6, 6.07) is 10.7. The number of benzene rings is 1. The Balaban J connectivity index is 2.07.